The lowest BCUT2D eigenvalue weighted by Crippen LogP contribution is -2.24. The summed E-state index contributed by atoms with van der Waals surface area (Å²) >= 11 is 3.47. The fourth-order valence-electron chi connectivity index (χ4n) is 3.43. The summed E-state index contributed by atoms with van der Waals surface area (Å²) in [4.78, 5) is 18.0. The molecule has 0 aliphatic carbocycles. The lowest BCUT2D eigenvalue weighted by atomic mass is 10.1. The van der Waals surface area contributed by atoms with Gasteiger partial charge in [0.15, 0.2) is 0 Å². The van der Waals surface area contributed by atoms with Crippen molar-refractivity contribution in [3.05, 3.63) is 87.6 Å². The smallest absolute Gasteiger partial charge is 0.261 e. The first-order valence-electron chi connectivity index (χ1n) is 10.2. The zero-order valence-corrected chi connectivity index (χ0v) is 18.8. The van der Waals surface area contributed by atoms with Crippen molar-refractivity contribution in [2.45, 2.75) is 19.4 Å². The lowest BCUT2D eigenvalue weighted by Gasteiger charge is -2.14. The van der Waals surface area contributed by atoms with Gasteiger partial charge in [-0.05, 0) is 61.4 Å². The molecule has 3 aromatic carbocycles. The molecule has 0 amide bonds. The third-order valence-electron chi connectivity index (χ3n) is 5.07. The van der Waals surface area contributed by atoms with Gasteiger partial charge < -0.3 is 9.47 Å². The van der Waals surface area contributed by atoms with Crippen LogP contribution in [0.15, 0.2) is 82.1 Å². The van der Waals surface area contributed by atoms with Crippen LogP contribution in [0.2, 0.25) is 0 Å². The van der Waals surface area contributed by atoms with Crippen LogP contribution in [0.25, 0.3) is 22.3 Å². The van der Waals surface area contributed by atoms with Gasteiger partial charge in [-0.25, -0.2) is 4.98 Å². The summed E-state index contributed by atoms with van der Waals surface area (Å²) in [7, 11) is 1.64. The van der Waals surface area contributed by atoms with Gasteiger partial charge in [0, 0.05) is 16.6 Å². The molecule has 1 aromatic heterocycles. The van der Waals surface area contributed by atoms with Crippen LogP contribution in [0.4, 0.5) is 0 Å². The number of fused-ring (bicyclic) bond motifs is 1. The molecule has 0 aliphatic heterocycles. The number of hydrogen-bond donors (Lipinski definition) is 0. The summed E-state index contributed by atoms with van der Waals surface area (Å²) in [5.41, 5.74) is 1.62. The van der Waals surface area contributed by atoms with Crippen LogP contribution in [-0.2, 0) is 6.54 Å². The van der Waals surface area contributed by atoms with Crippen molar-refractivity contribution in [3.8, 4) is 22.9 Å². The van der Waals surface area contributed by atoms with Gasteiger partial charge in [-0.1, -0.05) is 40.2 Å². The highest BCUT2D eigenvalue weighted by atomic mass is 79.9. The Hall–Kier alpha value is -3.12. The zero-order chi connectivity index (χ0) is 21.6. The summed E-state index contributed by atoms with van der Waals surface area (Å²) in [6, 6.07) is 22.9. The van der Waals surface area contributed by atoms with Crippen molar-refractivity contribution in [2.24, 2.45) is 0 Å². The molecule has 0 spiro atoms. The Kier molecular flexibility index (Phi) is 6.67. The lowest BCUT2D eigenvalue weighted by molar-refractivity contribution is 0.302. The average molecular weight is 479 g/mol. The molecule has 0 radical (unpaired) electrons. The maximum atomic E-state index is 13.2. The highest BCUT2D eigenvalue weighted by molar-refractivity contribution is 9.10. The van der Waals surface area contributed by atoms with Crippen molar-refractivity contribution in [2.75, 3.05) is 13.7 Å². The summed E-state index contributed by atoms with van der Waals surface area (Å²) in [6.45, 7) is 1.16. The van der Waals surface area contributed by atoms with Crippen molar-refractivity contribution >= 4 is 26.8 Å². The highest BCUT2D eigenvalue weighted by Crippen LogP contribution is 2.22. The van der Waals surface area contributed by atoms with Gasteiger partial charge in [-0.15, -0.1) is 0 Å². The van der Waals surface area contributed by atoms with Gasteiger partial charge in [0.2, 0.25) is 0 Å². The van der Waals surface area contributed by atoms with Crippen molar-refractivity contribution in [3.63, 3.8) is 0 Å². The summed E-state index contributed by atoms with van der Waals surface area (Å²) < 4.78 is 13.7. The van der Waals surface area contributed by atoms with E-state index in [-0.39, 0.29) is 5.56 Å². The molecule has 0 fully saturated rings. The van der Waals surface area contributed by atoms with Crippen LogP contribution in [-0.4, -0.2) is 23.3 Å². The first-order chi connectivity index (χ1) is 15.2. The number of unbranched alkanes of at least 4 members (excludes halogenated alkanes) is 1. The predicted octanol–water partition coefficient (Wildman–Crippen LogP) is 5.69. The van der Waals surface area contributed by atoms with Gasteiger partial charge >= 0.3 is 0 Å². The van der Waals surface area contributed by atoms with Gasteiger partial charge in [0.05, 0.1) is 24.6 Å². The van der Waals surface area contributed by atoms with E-state index in [0.717, 1.165) is 34.4 Å². The number of para-hydroxylation sites is 1. The Labute approximate surface area is 189 Å². The standard InChI is InChI=1S/C25H23BrN2O3/c1-30-20-12-14-21(15-13-20)31-17-5-4-16-28-24(18-8-10-19(26)11-9-18)27-23-7-3-2-6-22(23)25(28)29/h2-3,6-15H,4-5,16-17H2,1H3. The molecule has 0 saturated carbocycles. The van der Waals surface area contributed by atoms with E-state index in [4.69, 9.17) is 14.5 Å². The van der Waals surface area contributed by atoms with Gasteiger partial charge in [0.1, 0.15) is 17.3 Å². The van der Waals surface area contributed by atoms with E-state index in [2.05, 4.69) is 15.9 Å². The Morgan fingerprint density at radius 3 is 2.35 bits per heavy atom. The van der Waals surface area contributed by atoms with Crippen LogP contribution in [0.5, 0.6) is 11.5 Å². The number of aromatic nitrogens is 2. The summed E-state index contributed by atoms with van der Waals surface area (Å²) in [6.07, 6.45) is 1.63. The minimum atomic E-state index is -0.0143. The quantitative estimate of drug-likeness (QED) is 0.305. The van der Waals surface area contributed by atoms with E-state index >= 15 is 0 Å². The Bertz CT molecular complexity index is 1220. The fourth-order valence-corrected chi connectivity index (χ4v) is 3.69. The topological polar surface area (TPSA) is 53.4 Å². The number of methoxy groups -OCH3 is 1. The first kappa shape index (κ1) is 21.1. The normalized spacial score (nSPS) is 10.9. The molecule has 0 unspecified atom stereocenters. The fraction of sp³-hybridized carbons (Fsp3) is 0.200. The van der Waals surface area contributed by atoms with Crippen LogP contribution < -0.4 is 15.0 Å². The second-order valence-electron chi connectivity index (χ2n) is 7.15. The van der Waals surface area contributed by atoms with Crippen LogP contribution >= 0.6 is 15.9 Å². The van der Waals surface area contributed by atoms with E-state index in [0.29, 0.717) is 29.9 Å². The molecule has 4 aromatic rings. The SMILES string of the molecule is COc1ccc(OCCCCn2c(-c3ccc(Br)cc3)nc3ccccc3c2=O)cc1. The minimum absolute atomic E-state index is 0.0143. The minimum Gasteiger partial charge on any atom is -0.497 e. The monoisotopic (exact) mass is 478 g/mol. The molecule has 0 saturated heterocycles. The molecule has 6 heteroatoms. The second-order valence-corrected chi connectivity index (χ2v) is 8.06. The average Bonchev–Trinajstić information content (AvgIpc) is 2.81. The van der Waals surface area contributed by atoms with E-state index in [1.54, 1.807) is 11.7 Å². The molecule has 5 nitrogen and oxygen atoms in total. The molecule has 0 atom stereocenters. The zero-order valence-electron chi connectivity index (χ0n) is 17.3. The Balaban J connectivity index is 1.50. The molecule has 31 heavy (non-hydrogen) atoms. The number of halogens is 1. The van der Waals surface area contributed by atoms with Crippen molar-refractivity contribution in [1.29, 1.82) is 0 Å². The number of hydrogen-bond acceptors (Lipinski definition) is 4. The molecule has 0 bridgehead atoms. The maximum absolute atomic E-state index is 13.2. The summed E-state index contributed by atoms with van der Waals surface area (Å²) in [5, 5.41) is 0.637. The van der Waals surface area contributed by atoms with E-state index in [1.165, 1.54) is 0 Å². The molecule has 0 N–H and O–H groups in total. The van der Waals surface area contributed by atoms with Crippen LogP contribution in [0.1, 0.15) is 12.8 Å². The van der Waals surface area contributed by atoms with Crippen molar-refractivity contribution in [1.82, 2.24) is 9.55 Å². The largest absolute Gasteiger partial charge is 0.497 e. The predicted molar refractivity (Wildman–Crippen MR) is 127 cm³/mol. The van der Waals surface area contributed by atoms with E-state index in [1.807, 2.05) is 72.8 Å². The van der Waals surface area contributed by atoms with Crippen molar-refractivity contribution < 1.29 is 9.47 Å². The van der Waals surface area contributed by atoms with E-state index in [9.17, 15) is 4.79 Å². The van der Waals surface area contributed by atoms with Crippen LogP contribution in [0.3, 0.4) is 0 Å². The second kappa shape index (κ2) is 9.79. The summed E-state index contributed by atoms with van der Waals surface area (Å²) in [5.74, 6) is 2.30. The Morgan fingerprint density at radius 2 is 1.61 bits per heavy atom. The third kappa shape index (κ3) is 4.97. The Morgan fingerprint density at radius 1 is 0.903 bits per heavy atom. The highest BCUT2D eigenvalue weighted by Gasteiger charge is 2.12. The molecule has 1 heterocycles. The van der Waals surface area contributed by atoms with Gasteiger partial charge in [-0.2, -0.15) is 0 Å². The first-order valence-corrected chi connectivity index (χ1v) is 11.0. The number of nitrogens with zero attached hydrogens (tertiary/aromatic N) is 2. The molecular weight excluding hydrogens is 456 g/mol. The molecule has 0 aliphatic rings. The molecule has 158 valence electrons. The van der Waals surface area contributed by atoms with Gasteiger partial charge in [-0.3, -0.25) is 9.36 Å². The molecule has 4 rings (SSSR count). The molecular formula is C25H23BrN2O3. The number of rotatable bonds is 8. The number of benzene rings is 3. The van der Waals surface area contributed by atoms with Crippen LogP contribution in [0, 0.1) is 0 Å². The third-order valence-corrected chi connectivity index (χ3v) is 5.60. The maximum Gasteiger partial charge on any atom is 0.261 e. The van der Waals surface area contributed by atoms with E-state index < -0.39 is 0 Å². The number of ether oxygens (including phenoxy) is 2. The van der Waals surface area contributed by atoms with Gasteiger partial charge in [0.25, 0.3) is 5.56 Å².